The van der Waals surface area contributed by atoms with Crippen LogP contribution in [0.25, 0.3) is 0 Å². The van der Waals surface area contributed by atoms with Crippen LogP contribution in [0.1, 0.15) is 37.9 Å². The molecule has 120 valence electrons. The molecule has 3 rings (SSSR count). The summed E-state index contributed by atoms with van der Waals surface area (Å²) in [6.45, 7) is 10.3. The summed E-state index contributed by atoms with van der Waals surface area (Å²) in [5.41, 5.74) is 0.463. The van der Waals surface area contributed by atoms with Crippen LogP contribution in [0.4, 0.5) is 0 Å². The molecule has 1 aromatic heterocycles. The second-order valence-corrected chi connectivity index (χ2v) is 6.91. The summed E-state index contributed by atoms with van der Waals surface area (Å²) in [6, 6.07) is 0. The van der Waals surface area contributed by atoms with Crippen molar-refractivity contribution >= 4 is 12.4 Å². The van der Waals surface area contributed by atoms with Gasteiger partial charge in [0.1, 0.15) is 0 Å². The summed E-state index contributed by atoms with van der Waals surface area (Å²) < 4.78 is 5.07. The predicted octanol–water partition coefficient (Wildman–Crippen LogP) is 2.05. The van der Waals surface area contributed by atoms with E-state index in [4.69, 9.17) is 4.52 Å². The second-order valence-electron chi connectivity index (χ2n) is 6.91. The first kappa shape index (κ1) is 16.7. The van der Waals surface area contributed by atoms with Crippen LogP contribution >= 0.6 is 12.4 Å². The normalized spacial score (nSPS) is 30.3. The predicted molar refractivity (Wildman–Crippen MR) is 84.7 cm³/mol. The molecule has 2 aliphatic heterocycles. The van der Waals surface area contributed by atoms with Gasteiger partial charge in [-0.1, -0.05) is 12.1 Å². The highest BCUT2D eigenvalue weighted by Crippen LogP contribution is 2.28. The Hall–Kier alpha value is -0.650. The minimum Gasteiger partial charge on any atom is -0.340 e. The van der Waals surface area contributed by atoms with Crippen LogP contribution in [0.5, 0.6) is 0 Å². The number of aryl methyl sites for hydroxylation is 1. The zero-order valence-corrected chi connectivity index (χ0v) is 13.9. The van der Waals surface area contributed by atoms with Gasteiger partial charge in [0.05, 0.1) is 0 Å². The molecule has 1 aromatic rings. The molecule has 2 fully saturated rings. The third-order valence-corrected chi connectivity index (χ3v) is 4.71. The quantitative estimate of drug-likeness (QED) is 0.922. The largest absolute Gasteiger partial charge is 0.340 e. The molecule has 0 aliphatic carbocycles. The van der Waals surface area contributed by atoms with Crippen LogP contribution in [0.3, 0.4) is 0 Å². The number of halogens is 1. The van der Waals surface area contributed by atoms with Crippen molar-refractivity contribution in [2.75, 3.05) is 32.7 Å². The number of nitrogens with one attached hydrogen (secondary N) is 1. The standard InChI is InChI=1S/C15H26N4O.ClH/c1-12-17-14(18-20-12)8-13-4-3-7-19(9-13)11-15(2)5-6-16-10-15;/h13,16H,3-11H2,1-2H3;1H. The Morgan fingerprint density at radius 3 is 3.00 bits per heavy atom. The Kier molecular flexibility index (Phi) is 5.63. The van der Waals surface area contributed by atoms with Gasteiger partial charge in [-0.25, -0.2) is 0 Å². The highest BCUT2D eigenvalue weighted by Gasteiger charge is 2.32. The molecule has 1 N–H and O–H groups in total. The highest BCUT2D eigenvalue weighted by atomic mass is 35.5. The lowest BCUT2D eigenvalue weighted by Crippen LogP contribution is -2.43. The van der Waals surface area contributed by atoms with Crippen molar-refractivity contribution in [3.63, 3.8) is 0 Å². The van der Waals surface area contributed by atoms with E-state index in [1.54, 1.807) is 0 Å². The van der Waals surface area contributed by atoms with Gasteiger partial charge in [0.25, 0.3) is 0 Å². The monoisotopic (exact) mass is 314 g/mol. The number of likely N-dealkylation sites (tertiary alicyclic amines) is 1. The van der Waals surface area contributed by atoms with Crippen molar-refractivity contribution in [1.82, 2.24) is 20.4 Å². The van der Waals surface area contributed by atoms with E-state index in [1.165, 1.54) is 45.4 Å². The van der Waals surface area contributed by atoms with Gasteiger partial charge in [-0.15, -0.1) is 12.4 Å². The maximum Gasteiger partial charge on any atom is 0.223 e. The lowest BCUT2D eigenvalue weighted by atomic mass is 9.87. The van der Waals surface area contributed by atoms with Crippen LogP contribution in [0.15, 0.2) is 4.52 Å². The molecule has 0 spiro atoms. The fourth-order valence-electron chi connectivity index (χ4n) is 3.69. The molecule has 3 heterocycles. The number of rotatable bonds is 4. The van der Waals surface area contributed by atoms with E-state index in [0.717, 1.165) is 18.8 Å². The molecule has 0 bridgehead atoms. The molecular formula is C15H27ClN4O. The number of nitrogens with zero attached hydrogens (tertiary/aromatic N) is 3. The molecule has 2 aliphatic rings. The summed E-state index contributed by atoms with van der Waals surface area (Å²) in [7, 11) is 0. The first-order valence-electron chi connectivity index (χ1n) is 7.85. The van der Waals surface area contributed by atoms with Crippen LogP contribution in [-0.2, 0) is 6.42 Å². The number of hydrogen-bond donors (Lipinski definition) is 1. The third-order valence-electron chi connectivity index (χ3n) is 4.71. The fourth-order valence-corrected chi connectivity index (χ4v) is 3.69. The van der Waals surface area contributed by atoms with Crippen molar-refractivity contribution in [2.24, 2.45) is 11.3 Å². The minimum absolute atomic E-state index is 0. The van der Waals surface area contributed by atoms with Crippen LogP contribution < -0.4 is 5.32 Å². The van der Waals surface area contributed by atoms with E-state index < -0.39 is 0 Å². The lowest BCUT2D eigenvalue weighted by molar-refractivity contribution is 0.119. The van der Waals surface area contributed by atoms with E-state index >= 15 is 0 Å². The number of aromatic nitrogens is 2. The average molecular weight is 315 g/mol. The second kappa shape index (κ2) is 7.07. The van der Waals surface area contributed by atoms with E-state index in [2.05, 4.69) is 27.3 Å². The molecular weight excluding hydrogens is 288 g/mol. The SMILES string of the molecule is Cc1nc(CC2CCCN(CC3(C)CCNC3)C2)no1.Cl. The van der Waals surface area contributed by atoms with Gasteiger partial charge in [-0.05, 0) is 43.7 Å². The Morgan fingerprint density at radius 1 is 1.48 bits per heavy atom. The minimum atomic E-state index is 0. The summed E-state index contributed by atoms with van der Waals surface area (Å²) in [5, 5.41) is 7.53. The lowest BCUT2D eigenvalue weighted by Gasteiger charge is -2.37. The molecule has 2 saturated heterocycles. The van der Waals surface area contributed by atoms with Crippen molar-refractivity contribution in [2.45, 2.75) is 39.5 Å². The van der Waals surface area contributed by atoms with Crippen molar-refractivity contribution in [1.29, 1.82) is 0 Å². The topological polar surface area (TPSA) is 54.2 Å². The Morgan fingerprint density at radius 2 is 2.33 bits per heavy atom. The molecule has 6 heteroatoms. The third kappa shape index (κ3) is 4.41. The molecule has 0 radical (unpaired) electrons. The molecule has 0 amide bonds. The highest BCUT2D eigenvalue weighted by molar-refractivity contribution is 5.85. The fraction of sp³-hybridized carbons (Fsp3) is 0.867. The van der Waals surface area contributed by atoms with Gasteiger partial charge in [-0.3, -0.25) is 0 Å². The average Bonchev–Trinajstić information content (AvgIpc) is 2.99. The number of hydrogen-bond acceptors (Lipinski definition) is 5. The van der Waals surface area contributed by atoms with Gasteiger partial charge >= 0.3 is 0 Å². The van der Waals surface area contributed by atoms with Gasteiger partial charge < -0.3 is 14.7 Å². The Labute approximate surface area is 133 Å². The van der Waals surface area contributed by atoms with Crippen LogP contribution in [-0.4, -0.2) is 47.8 Å². The maximum atomic E-state index is 5.07. The summed E-state index contributed by atoms with van der Waals surface area (Å²) in [5.74, 6) is 2.24. The van der Waals surface area contributed by atoms with Crippen LogP contribution in [0.2, 0.25) is 0 Å². The van der Waals surface area contributed by atoms with E-state index in [-0.39, 0.29) is 12.4 Å². The molecule has 21 heavy (non-hydrogen) atoms. The smallest absolute Gasteiger partial charge is 0.223 e. The van der Waals surface area contributed by atoms with E-state index in [9.17, 15) is 0 Å². The van der Waals surface area contributed by atoms with Crippen molar-refractivity contribution < 1.29 is 4.52 Å². The molecule has 0 aromatic carbocycles. The molecule has 5 nitrogen and oxygen atoms in total. The summed E-state index contributed by atoms with van der Waals surface area (Å²) in [4.78, 5) is 6.99. The van der Waals surface area contributed by atoms with Crippen LogP contribution in [0, 0.1) is 18.3 Å². The first-order chi connectivity index (χ1) is 9.63. The maximum absolute atomic E-state index is 5.07. The summed E-state index contributed by atoms with van der Waals surface area (Å²) in [6.07, 6.45) is 4.85. The van der Waals surface area contributed by atoms with Gasteiger partial charge in [0, 0.05) is 33.0 Å². The molecule has 2 atom stereocenters. The van der Waals surface area contributed by atoms with Gasteiger partial charge in [0.15, 0.2) is 5.82 Å². The Balaban J connectivity index is 0.00000161. The van der Waals surface area contributed by atoms with Gasteiger partial charge in [-0.2, -0.15) is 4.98 Å². The first-order valence-corrected chi connectivity index (χ1v) is 7.85. The van der Waals surface area contributed by atoms with Gasteiger partial charge in [0.2, 0.25) is 5.89 Å². The number of piperidine rings is 1. The van der Waals surface area contributed by atoms with E-state index in [1.807, 2.05) is 6.92 Å². The zero-order valence-electron chi connectivity index (χ0n) is 13.1. The molecule has 0 saturated carbocycles. The van der Waals surface area contributed by atoms with Crippen molar-refractivity contribution in [3.8, 4) is 0 Å². The summed E-state index contributed by atoms with van der Waals surface area (Å²) >= 11 is 0. The Bertz CT molecular complexity index is 445. The van der Waals surface area contributed by atoms with E-state index in [0.29, 0.717) is 17.2 Å². The van der Waals surface area contributed by atoms with Crippen molar-refractivity contribution in [3.05, 3.63) is 11.7 Å². The molecule has 2 unspecified atom stereocenters. The zero-order chi connectivity index (χ0) is 14.0.